The van der Waals surface area contributed by atoms with E-state index in [0.717, 1.165) is 25.9 Å². The summed E-state index contributed by atoms with van der Waals surface area (Å²) in [6.07, 6.45) is 1.59. The molecule has 1 aliphatic rings. The molecule has 0 spiro atoms. The number of rotatable bonds is 4. The Labute approximate surface area is 142 Å². The summed E-state index contributed by atoms with van der Waals surface area (Å²) in [6, 6.07) is 6.89. The zero-order chi connectivity index (χ0) is 17.0. The lowest BCUT2D eigenvalue weighted by molar-refractivity contribution is -0.134. The van der Waals surface area contributed by atoms with Gasteiger partial charge in [-0.15, -0.1) is 0 Å². The number of likely N-dealkylation sites (tertiary alicyclic amines) is 1. The van der Waals surface area contributed by atoms with E-state index in [2.05, 4.69) is 10.2 Å². The number of anilines is 1. The van der Waals surface area contributed by atoms with E-state index in [-0.39, 0.29) is 23.8 Å². The molecule has 6 heteroatoms. The van der Waals surface area contributed by atoms with Crippen molar-refractivity contribution in [3.05, 3.63) is 29.3 Å². The van der Waals surface area contributed by atoms with Crippen LogP contribution in [0.15, 0.2) is 24.3 Å². The molecule has 23 heavy (non-hydrogen) atoms. The van der Waals surface area contributed by atoms with Gasteiger partial charge in [-0.25, -0.2) is 0 Å². The molecule has 1 fully saturated rings. The Morgan fingerprint density at radius 3 is 2.52 bits per heavy atom. The number of nitrogens with one attached hydrogen (secondary N) is 1. The van der Waals surface area contributed by atoms with Crippen LogP contribution in [-0.2, 0) is 9.59 Å². The Balaban J connectivity index is 1.88. The first-order chi connectivity index (χ1) is 10.9. The Hall–Kier alpha value is -1.59. The predicted molar refractivity (Wildman–Crippen MR) is 92.5 cm³/mol. The fourth-order valence-electron chi connectivity index (χ4n) is 2.88. The molecule has 1 aromatic rings. The smallest absolute Gasteiger partial charge is 0.241 e. The average Bonchev–Trinajstić information content (AvgIpc) is 2.53. The number of carbonyl (C=O) groups excluding carboxylic acids is 2. The molecule has 1 heterocycles. The molecule has 0 bridgehead atoms. The lowest BCUT2D eigenvalue weighted by Crippen LogP contribution is -2.48. The molecule has 0 aromatic heterocycles. The van der Waals surface area contributed by atoms with Gasteiger partial charge in [-0.3, -0.25) is 14.5 Å². The number of hydrogen-bond acceptors (Lipinski definition) is 3. The van der Waals surface area contributed by atoms with Crippen LogP contribution in [0.4, 0.5) is 5.69 Å². The second-order valence-corrected chi connectivity index (χ2v) is 6.65. The second kappa shape index (κ2) is 7.79. The van der Waals surface area contributed by atoms with Crippen molar-refractivity contribution in [3.8, 4) is 0 Å². The average molecular weight is 338 g/mol. The van der Waals surface area contributed by atoms with Crippen molar-refractivity contribution in [2.24, 2.45) is 5.92 Å². The quantitative estimate of drug-likeness (QED) is 0.918. The molecule has 0 radical (unpaired) electrons. The first-order valence-corrected chi connectivity index (χ1v) is 8.28. The largest absolute Gasteiger partial charge is 0.349 e. The van der Waals surface area contributed by atoms with Gasteiger partial charge in [-0.05, 0) is 51.1 Å². The van der Waals surface area contributed by atoms with E-state index in [1.54, 1.807) is 37.2 Å². The summed E-state index contributed by atoms with van der Waals surface area (Å²) in [5, 5.41) is 3.49. The van der Waals surface area contributed by atoms with Gasteiger partial charge in [0.05, 0.1) is 6.04 Å². The van der Waals surface area contributed by atoms with Crippen molar-refractivity contribution >= 4 is 29.1 Å². The minimum Gasteiger partial charge on any atom is -0.349 e. The van der Waals surface area contributed by atoms with Crippen molar-refractivity contribution in [2.45, 2.75) is 25.8 Å². The summed E-state index contributed by atoms with van der Waals surface area (Å²) in [5.41, 5.74) is 0.701. The first kappa shape index (κ1) is 17.8. The molecule has 1 saturated heterocycles. The van der Waals surface area contributed by atoms with Crippen molar-refractivity contribution in [3.63, 3.8) is 0 Å². The highest BCUT2D eigenvalue weighted by atomic mass is 35.5. The molecule has 5 nitrogen and oxygen atoms in total. The molecule has 0 aliphatic carbocycles. The molecular weight excluding hydrogens is 314 g/mol. The van der Waals surface area contributed by atoms with Gasteiger partial charge in [0.25, 0.3) is 0 Å². The second-order valence-electron chi connectivity index (χ2n) is 6.22. The molecule has 1 aliphatic heterocycles. The molecule has 1 aromatic carbocycles. The highest BCUT2D eigenvalue weighted by Crippen LogP contribution is 2.21. The fraction of sp³-hybridized carbons (Fsp3) is 0.529. The predicted octanol–water partition coefficient (Wildman–Crippen LogP) is 2.47. The highest BCUT2D eigenvalue weighted by Gasteiger charge is 2.30. The van der Waals surface area contributed by atoms with E-state index in [4.69, 9.17) is 11.6 Å². The standard InChI is InChI=1S/C17H24ClN3O2/c1-12(16(22)19-15-6-4-5-14(18)11-15)21-9-7-13(8-10-21)17(23)20(2)3/h4-6,11-13H,7-10H2,1-3H3,(H,19,22)/t12-/m1/s1. The molecule has 126 valence electrons. The fourth-order valence-corrected chi connectivity index (χ4v) is 3.07. The Morgan fingerprint density at radius 2 is 1.96 bits per heavy atom. The van der Waals surface area contributed by atoms with Crippen molar-refractivity contribution in [1.29, 1.82) is 0 Å². The maximum Gasteiger partial charge on any atom is 0.241 e. The molecule has 1 N–H and O–H groups in total. The molecular formula is C17H24ClN3O2. The molecule has 0 unspecified atom stereocenters. The lowest BCUT2D eigenvalue weighted by atomic mass is 9.94. The van der Waals surface area contributed by atoms with Crippen LogP contribution in [0.3, 0.4) is 0 Å². The van der Waals surface area contributed by atoms with E-state index < -0.39 is 0 Å². The number of carbonyl (C=O) groups is 2. The topological polar surface area (TPSA) is 52.7 Å². The van der Waals surface area contributed by atoms with E-state index in [9.17, 15) is 9.59 Å². The normalized spacial score (nSPS) is 17.6. The summed E-state index contributed by atoms with van der Waals surface area (Å²) in [6.45, 7) is 3.41. The van der Waals surface area contributed by atoms with Gasteiger partial charge in [-0.1, -0.05) is 17.7 Å². The van der Waals surface area contributed by atoms with Crippen LogP contribution in [-0.4, -0.2) is 54.8 Å². The van der Waals surface area contributed by atoms with Crippen LogP contribution in [0.25, 0.3) is 0 Å². The molecule has 2 amide bonds. The van der Waals surface area contributed by atoms with E-state index in [1.165, 1.54) is 0 Å². The maximum atomic E-state index is 12.4. The van der Waals surface area contributed by atoms with Crippen LogP contribution in [0.2, 0.25) is 5.02 Å². The van der Waals surface area contributed by atoms with Crippen molar-refractivity contribution in [2.75, 3.05) is 32.5 Å². The minimum atomic E-state index is -0.232. The molecule has 0 saturated carbocycles. The number of hydrogen-bond donors (Lipinski definition) is 1. The third-order valence-corrected chi connectivity index (χ3v) is 4.57. The van der Waals surface area contributed by atoms with Gasteiger partial charge in [0.2, 0.25) is 11.8 Å². The van der Waals surface area contributed by atoms with Crippen LogP contribution >= 0.6 is 11.6 Å². The number of amides is 2. The number of nitrogens with zero attached hydrogens (tertiary/aromatic N) is 2. The third kappa shape index (κ3) is 4.69. The van der Waals surface area contributed by atoms with E-state index in [0.29, 0.717) is 10.7 Å². The highest BCUT2D eigenvalue weighted by molar-refractivity contribution is 6.30. The lowest BCUT2D eigenvalue weighted by Gasteiger charge is -2.35. The Morgan fingerprint density at radius 1 is 1.30 bits per heavy atom. The van der Waals surface area contributed by atoms with E-state index in [1.807, 2.05) is 13.0 Å². The third-order valence-electron chi connectivity index (χ3n) is 4.34. The summed E-state index contributed by atoms with van der Waals surface area (Å²) in [5.74, 6) is 0.203. The summed E-state index contributed by atoms with van der Waals surface area (Å²) in [4.78, 5) is 28.1. The zero-order valence-electron chi connectivity index (χ0n) is 13.9. The van der Waals surface area contributed by atoms with Gasteiger partial charge in [0.15, 0.2) is 0 Å². The van der Waals surface area contributed by atoms with Crippen LogP contribution in [0, 0.1) is 5.92 Å². The summed E-state index contributed by atoms with van der Waals surface area (Å²) >= 11 is 5.93. The number of halogens is 1. The van der Waals surface area contributed by atoms with Crippen LogP contribution in [0.1, 0.15) is 19.8 Å². The number of benzene rings is 1. The van der Waals surface area contributed by atoms with Crippen molar-refractivity contribution in [1.82, 2.24) is 9.80 Å². The number of piperidine rings is 1. The molecule has 2 rings (SSSR count). The van der Waals surface area contributed by atoms with Crippen molar-refractivity contribution < 1.29 is 9.59 Å². The Bertz CT molecular complexity index is 569. The maximum absolute atomic E-state index is 12.4. The van der Waals surface area contributed by atoms with Gasteiger partial charge >= 0.3 is 0 Å². The van der Waals surface area contributed by atoms with Gasteiger partial charge in [0, 0.05) is 30.7 Å². The minimum absolute atomic E-state index is 0.0512. The van der Waals surface area contributed by atoms with Gasteiger partial charge in [0.1, 0.15) is 0 Å². The monoisotopic (exact) mass is 337 g/mol. The van der Waals surface area contributed by atoms with Gasteiger partial charge in [-0.2, -0.15) is 0 Å². The van der Waals surface area contributed by atoms with Gasteiger partial charge < -0.3 is 10.2 Å². The zero-order valence-corrected chi connectivity index (χ0v) is 14.6. The summed E-state index contributed by atoms with van der Waals surface area (Å²) < 4.78 is 0. The SMILES string of the molecule is C[C@H](C(=O)Nc1cccc(Cl)c1)N1CCC(C(=O)N(C)C)CC1. The molecule has 1 atom stereocenters. The first-order valence-electron chi connectivity index (χ1n) is 7.90. The van der Waals surface area contributed by atoms with Crippen LogP contribution in [0.5, 0.6) is 0 Å². The van der Waals surface area contributed by atoms with Crippen LogP contribution < -0.4 is 5.32 Å². The summed E-state index contributed by atoms with van der Waals surface area (Å²) in [7, 11) is 3.57. The Kier molecular flexibility index (Phi) is 6.02. The van der Waals surface area contributed by atoms with E-state index >= 15 is 0 Å².